The highest BCUT2D eigenvalue weighted by atomic mass is 79.9. The van der Waals surface area contributed by atoms with Crippen LogP contribution in [0.3, 0.4) is 0 Å². The lowest BCUT2D eigenvalue weighted by Crippen LogP contribution is -2.55. The Morgan fingerprint density at radius 2 is 1.77 bits per heavy atom. The van der Waals surface area contributed by atoms with E-state index in [9.17, 15) is 0 Å². The zero-order chi connectivity index (χ0) is 9.53. The number of nitrogens with zero attached hydrogens (tertiary/aromatic N) is 1. The van der Waals surface area contributed by atoms with Crippen LogP contribution < -0.4 is 0 Å². The second kappa shape index (κ2) is 3.23. The van der Waals surface area contributed by atoms with Gasteiger partial charge >= 0.3 is 0 Å². The summed E-state index contributed by atoms with van der Waals surface area (Å²) in [6, 6.07) is 0. The summed E-state index contributed by atoms with van der Waals surface area (Å²) in [5.41, 5.74) is 0.610. The van der Waals surface area contributed by atoms with E-state index in [1.165, 1.54) is 49.8 Å². The summed E-state index contributed by atoms with van der Waals surface area (Å²) in [7, 11) is 0. The fourth-order valence-corrected chi connectivity index (χ4v) is 3.72. The average Bonchev–Trinajstić information content (AvgIpc) is 2.41. The first-order valence-corrected chi connectivity index (χ1v) is 6.46. The first-order valence-electron chi connectivity index (χ1n) is 5.54. The fraction of sp³-hybridized carbons (Fsp3) is 1.00. The van der Waals surface area contributed by atoms with Crippen molar-refractivity contribution in [2.45, 2.75) is 44.5 Å². The van der Waals surface area contributed by atoms with E-state index in [0.29, 0.717) is 5.41 Å². The van der Waals surface area contributed by atoms with Crippen molar-refractivity contribution in [2.24, 2.45) is 5.41 Å². The Balaban J connectivity index is 2.04. The molecule has 0 saturated carbocycles. The van der Waals surface area contributed by atoms with Crippen molar-refractivity contribution in [3.63, 3.8) is 0 Å². The fourth-order valence-electron chi connectivity index (χ4n) is 2.78. The van der Waals surface area contributed by atoms with Crippen molar-refractivity contribution in [1.29, 1.82) is 0 Å². The molecular formula is C11H21BrN+. The van der Waals surface area contributed by atoms with Crippen LogP contribution in [0.1, 0.15) is 39.5 Å². The Bertz CT molecular complexity index is 190. The molecule has 2 saturated heterocycles. The minimum atomic E-state index is 0.610. The van der Waals surface area contributed by atoms with Crippen LogP contribution in [-0.4, -0.2) is 29.1 Å². The summed E-state index contributed by atoms with van der Waals surface area (Å²) in [6.45, 7) is 9.07. The number of piperidine rings is 1. The van der Waals surface area contributed by atoms with E-state index in [2.05, 4.69) is 29.8 Å². The third kappa shape index (κ3) is 1.80. The normalized spacial score (nSPS) is 36.7. The Morgan fingerprint density at radius 3 is 2.23 bits per heavy atom. The number of halogens is 1. The zero-order valence-electron chi connectivity index (χ0n) is 8.85. The van der Waals surface area contributed by atoms with Gasteiger partial charge in [0, 0.05) is 25.7 Å². The summed E-state index contributed by atoms with van der Waals surface area (Å²) in [5.74, 6) is 0. The molecule has 0 aromatic carbocycles. The zero-order valence-corrected chi connectivity index (χ0v) is 10.4. The molecule has 1 nitrogen and oxygen atoms in total. The lowest BCUT2D eigenvalue weighted by atomic mass is 9.82. The van der Waals surface area contributed by atoms with Crippen molar-refractivity contribution >= 4 is 15.9 Å². The Morgan fingerprint density at radius 1 is 1.15 bits per heavy atom. The third-order valence-corrected chi connectivity index (χ3v) is 5.43. The maximum Gasteiger partial charge on any atom is 0.144 e. The van der Waals surface area contributed by atoms with Gasteiger partial charge in [-0.1, -0.05) is 13.8 Å². The maximum atomic E-state index is 3.87. The molecule has 2 fully saturated rings. The van der Waals surface area contributed by atoms with Gasteiger partial charge in [-0.3, -0.25) is 0 Å². The van der Waals surface area contributed by atoms with Gasteiger partial charge in [-0.25, -0.2) is 0 Å². The van der Waals surface area contributed by atoms with Crippen molar-refractivity contribution in [2.75, 3.05) is 19.6 Å². The largest absolute Gasteiger partial charge is 0.312 e. The van der Waals surface area contributed by atoms with E-state index >= 15 is 0 Å². The minimum absolute atomic E-state index is 0.610. The van der Waals surface area contributed by atoms with Crippen LogP contribution in [0.2, 0.25) is 0 Å². The summed E-state index contributed by atoms with van der Waals surface area (Å²) in [6.07, 6.45) is 5.64. The highest BCUT2D eigenvalue weighted by Crippen LogP contribution is 2.40. The molecule has 0 bridgehead atoms. The Labute approximate surface area is 90.2 Å². The Hall–Kier alpha value is 0.440. The van der Waals surface area contributed by atoms with Crippen molar-refractivity contribution in [3.05, 3.63) is 0 Å². The van der Waals surface area contributed by atoms with E-state index in [-0.39, 0.29) is 0 Å². The molecule has 2 aliphatic rings. The van der Waals surface area contributed by atoms with Crippen molar-refractivity contribution in [1.82, 2.24) is 0 Å². The Kier molecular flexibility index (Phi) is 2.48. The standard InChI is InChI=1S/C11H21BrN/c1-11(2)5-8-13(9-6-11)7-3-4-10(13)12/h10H,3-9H2,1-2H3/q+1. The summed E-state index contributed by atoms with van der Waals surface area (Å²) < 4.78 is 1.38. The molecule has 1 unspecified atom stereocenters. The van der Waals surface area contributed by atoms with Gasteiger partial charge in [0.1, 0.15) is 4.95 Å². The molecule has 0 aliphatic carbocycles. The number of hydrogen-bond donors (Lipinski definition) is 0. The predicted octanol–water partition coefficient (Wildman–Crippen LogP) is 3.14. The summed E-state index contributed by atoms with van der Waals surface area (Å²) >= 11 is 3.87. The molecule has 0 aromatic rings. The van der Waals surface area contributed by atoms with E-state index in [0.717, 1.165) is 4.95 Å². The van der Waals surface area contributed by atoms with Gasteiger partial charge in [0.2, 0.25) is 0 Å². The smallest absolute Gasteiger partial charge is 0.144 e. The highest BCUT2D eigenvalue weighted by Gasteiger charge is 2.44. The van der Waals surface area contributed by atoms with Gasteiger partial charge in [-0.15, -0.1) is 0 Å². The summed E-state index contributed by atoms with van der Waals surface area (Å²) in [4.78, 5) is 0.767. The van der Waals surface area contributed by atoms with Crippen LogP contribution in [0.4, 0.5) is 0 Å². The van der Waals surface area contributed by atoms with Crippen LogP contribution in [0.25, 0.3) is 0 Å². The lowest BCUT2D eigenvalue weighted by molar-refractivity contribution is -0.931. The third-order valence-electron chi connectivity index (χ3n) is 4.11. The number of alkyl halides is 1. The maximum absolute atomic E-state index is 3.87. The van der Waals surface area contributed by atoms with E-state index in [1.807, 2.05) is 0 Å². The van der Waals surface area contributed by atoms with Gasteiger partial charge < -0.3 is 4.48 Å². The van der Waals surface area contributed by atoms with Gasteiger partial charge in [0.15, 0.2) is 0 Å². The van der Waals surface area contributed by atoms with Gasteiger partial charge in [-0.05, 0) is 21.3 Å². The molecule has 1 spiro atoms. The van der Waals surface area contributed by atoms with Gasteiger partial charge in [-0.2, -0.15) is 0 Å². The first-order chi connectivity index (χ1) is 6.04. The quantitative estimate of drug-likeness (QED) is 0.350. The molecule has 2 heterocycles. The SMILES string of the molecule is CC1(C)CC[N+]2(CCCC2Br)CC1. The molecule has 2 rings (SSSR count). The van der Waals surface area contributed by atoms with E-state index in [1.54, 1.807) is 0 Å². The van der Waals surface area contributed by atoms with Gasteiger partial charge in [0.25, 0.3) is 0 Å². The molecule has 0 amide bonds. The van der Waals surface area contributed by atoms with Crippen LogP contribution in [0, 0.1) is 5.41 Å². The molecule has 13 heavy (non-hydrogen) atoms. The predicted molar refractivity (Wildman–Crippen MR) is 59.8 cm³/mol. The van der Waals surface area contributed by atoms with Crippen LogP contribution in [0.15, 0.2) is 0 Å². The number of quaternary nitrogens is 1. The topological polar surface area (TPSA) is 0 Å². The van der Waals surface area contributed by atoms with E-state index < -0.39 is 0 Å². The summed E-state index contributed by atoms with van der Waals surface area (Å²) in [5, 5.41) is 0. The van der Waals surface area contributed by atoms with Crippen molar-refractivity contribution in [3.8, 4) is 0 Å². The van der Waals surface area contributed by atoms with Crippen LogP contribution in [0.5, 0.6) is 0 Å². The molecule has 1 atom stereocenters. The highest BCUT2D eigenvalue weighted by molar-refractivity contribution is 9.09. The van der Waals surface area contributed by atoms with Crippen LogP contribution in [-0.2, 0) is 0 Å². The van der Waals surface area contributed by atoms with Gasteiger partial charge in [0.05, 0.1) is 19.6 Å². The average molecular weight is 247 g/mol. The molecular weight excluding hydrogens is 226 g/mol. The van der Waals surface area contributed by atoms with Crippen molar-refractivity contribution < 1.29 is 4.48 Å². The molecule has 76 valence electrons. The molecule has 0 N–H and O–H groups in total. The van der Waals surface area contributed by atoms with Crippen LogP contribution >= 0.6 is 15.9 Å². The monoisotopic (exact) mass is 246 g/mol. The molecule has 2 aliphatic heterocycles. The molecule has 0 radical (unpaired) electrons. The number of rotatable bonds is 0. The molecule has 0 aromatic heterocycles. The second-order valence-electron chi connectivity index (χ2n) is 5.63. The second-order valence-corrected chi connectivity index (χ2v) is 6.69. The minimum Gasteiger partial charge on any atom is -0.312 e. The number of hydrogen-bond acceptors (Lipinski definition) is 0. The van der Waals surface area contributed by atoms with E-state index in [4.69, 9.17) is 0 Å². The lowest BCUT2D eigenvalue weighted by Gasteiger charge is -2.45. The first kappa shape index (κ1) is 9.97. The molecule has 2 heteroatoms.